The number of rotatable bonds is 3. The number of fused-ring (bicyclic) bond motifs is 3. The van der Waals surface area contributed by atoms with Gasteiger partial charge in [0.1, 0.15) is 6.54 Å². The minimum absolute atomic E-state index is 0.0234. The SMILES string of the molecule is Cc1cc2ncc3c(n2n1)CCC(NC(=O)Cn1ncccc1=O)C3. The van der Waals surface area contributed by atoms with Crippen LogP contribution in [-0.4, -0.2) is 36.3 Å². The maximum Gasteiger partial charge on any atom is 0.267 e. The van der Waals surface area contributed by atoms with Gasteiger partial charge < -0.3 is 5.32 Å². The van der Waals surface area contributed by atoms with E-state index in [1.165, 1.54) is 12.3 Å². The molecule has 0 spiro atoms. The first-order chi connectivity index (χ1) is 12.1. The summed E-state index contributed by atoms with van der Waals surface area (Å²) in [6, 6.07) is 4.92. The van der Waals surface area contributed by atoms with Crippen molar-refractivity contribution in [3.05, 3.63) is 57.9 Å². The van der Waals surface area contributed by atoms with Crippen LogP contribution >= 0.6 is 0 Å². The van der Waals surface area contributed by atoms with Gasteiger partial charge in [0.25, 0.3) is 5.56 Å². The average Bonchev–Trinajstić information content (AvgIpc) is 2.97. The first-order valence-corrected chi connectivity index (χ1v) is 8.25. The van der Waals surface area contributed by atoms with Crippen molar-refractivity contribution in [1.82, 2.24) is 29.7 Å². The third-order valence-corrected chi connectivity index (χ3v) is 4.43. The molecule has 0 saturated carbocycles. The lowest BCUT2D eigenvalue weighted by Gasteiger charge is -2.25. The van der Waals surface area contributed by atoms with Crippen molar-refractivity contribution in [2.75, 3.05) is 0 Å². The molecule has 1 aliphatic carbocycles. The lowest BCUT2D eigenvalue weighted by Crippen LogP contribution is -2.42. The first kappa shape index (κ1) is 15.5. The van der Waals surface area contributed by atoms with E-state index >= 15 is 0 Å². The predicted octanol–water partition coefficient (Wildman–Crippen LogP) is 0.268. The molecule has 1 amide bonds. The van der Waals surface area contributed by atoms with Crippen LogP contribution in [0, 0.1) is 6.92 Å². The van der Waals surface area contributed by atoms with Crippen molar-refractivity contribution < 1.29 is 4.79 Å². The zero-order valence-corrected chi connectivity index (χ0v) is 13.8. The molecule has 3 heterocycles. The van der Waals surface area contributed by atoms with E-state index in [0.29, 0.717) is 6.42 Å². The Morgan fingerprint density at radius 3 is 3.16 bits per heavy atom. The normalized spacial score (nSPS) is 16.6. The summed E-state index contributed by atoms with van der Waals surface area (Å²) >= 11 is 0. The van der Waals surface area contributed by atoms with Gasteiger partial charge in [-0.05, 0) is 37.8 Å². The number of hydrogen-bond acceptors (Lipinski definition) is 5. The molecule has 1 atom stereocenters. The fraction of sp³-hybridized carbons (Fsp3) is 0.353. The largest absolute Gasteiger partial charge is 0.351 e. The van der Waals surface area contributed by atoms with E-state index in [1.807, 2.05) is 23.7 Å². The second-order valence-electron chi connectivity index (χ2n) is 6.31. The van der Waals surface area contributed by atoms with Gasteiger partial charge in [0, 0.05) is 36.3 Å². The van der Waals surface area contributed by atoms with Crippen molar-refractivity contribution in [1.29, 1.82) is 0 Å². The van der Waals surface area contributed by atoms with Crippen molar-refractivity contribution in [2.45, 2.75) is 38.8 Å². The molecule has 1 aliphatic rings. The molecule has 25 heavy (non-hydrogen) atoms. The Morgan fingerprint density at radius 1 is 1.44 bits per heavy atom. The molecule has 0 saturated heterocycles. The average molecular weight is 338 g/mol. The highest BCUT2D eigenvalue weighted by atomic mass is 16.2. The topological polar surface area (TPSA) is 94.2 Å². The fourth-order valence-corrected chi connectivity index (χ4v) is 3.28. The Labute approximate surface area is 143 Å². The minimum Gasteiger partial charge on any atom is -0.351 e. The smallest absolute Gasteiger partial charge is 0.267 e. The van der Waals surface area contributed by atoms with Crippen molar-refractivity contribution in [3.63, 3.8) is 0 Å². The molecule has 0 fully saturated rings. The van der Waals surface area contributed by atoms with Gasteiger partial charge in [-0.1, -0.05) is 0 Å². The zero-order valence-electron chi connectivity index (χ0n) is 13.8. The van der Waals surface area contributed by atoms with E-state index < -0.39 is 0 Å². The highest BCUT2D eigenvalue weighted by Gasteiger charge is 2.23. The molecule has 1 N–H and O–H groups in total. The predicted molar refractivity (Wildman–Crippen MR) is 90.2 cm³/mol. The number of nitrogens with zero attached hydrogens (tertiary/aromatic N) is 5. The summed E-state index contributed by atoms with van der Waals surface area (Å²) in [5.74, 6) is -0.210. The van der Waals surface area contributed by atoms with E-state index in [1.54, 1.807) is 6.07 Å². The lowest BCUT2D eigenvalue weighted by atomic mass is 9.92. The standard InChI is InChI=1S/C17H18N6O2/c1-11-7-15-18-9-12-8-13(4-5-14(12)23(15)21-11)20-16(24)10-22-17(25)3-2-6-19-22/h2-3,6-7,9,13H,4-5,8,10H2,1H3,(H,20,24). The van der Waals surface area contributed by atoms with Gasteiger partial charge in [0.05, 0.1) is 5.69 Å². The van der Waals surface area contributed by atoms with E-state index in [2.05, 4.69) is 20.5 Å². The van der Waals surface area contributed by atoms with Gasteiger partial charge in [-0.25, -0.2) is 14.2 Å². The molecule has 0 aromatic carbocycles. The quantitative estimate of drug-likeness (QED) is 0.740. The van der Waals surface area contributed by atoms with Gasteiger partial charge in [-0.3, -0.25) is 9.59 Å². The van der Waals surface area contributed by atoms with E-state index in [9.17, 15) is 9.59 Å². The number of nitrogens with one attached hydrogen (secondary N) is 1. The Morgan fingerprint density at radius 2 is 2.32 bits per heavy atom. The van der Waals surface area contributed by atoms with Gasteiger partial charge in [0.15, 0.2) is 5.65 Å². The summed E-state index contributed by atoms with van der Waals surface area (Å²) in [5, 5.41) is 11.4. The van der Waals surface area contributed by atoms with Crippen LogP contribution in [0.1, 0.15) is 23.4 Å². The van der Waals surface area contributed by atoms with Crippen LogP contribution in [0.3, 0.4) is 0 Å². The maximum absolute atomic E-state index is 12.2. The third kappa shape index (κ3) is 3.02. The minimum atomic E-state index is -0.285. The van der Waals surface area contributed by atoms with Gasteiger partial charge in [0.2, 0.25) is 5.91 Å². The molecule has 0 radical (unpaired) electrons. The number of aromatic nitrogens is 5. The molecule has 3 aromatic heterocycles. The highest BCUT2D eigenvalue weighted by Crippen LogP contribution is 2.22. The first-order valence-electron chi connectivity index (χ1n) is 8.25. The highest BCUT2D eigenvalue weighted by molar-refractivity contribution is 5.76. The number of carbonyl (C=O) groups is 1. The van der Waals surface area contributed by atoms with Gasteiger partial charge in [-0.2, -0.15) is 10.2 Å². The van der Waals surface area contributed by atoms with Crippen LogP contribution in [-0.2, 0) is 24.2 Å². The van der Waals surface area contributed by atoms with Crippen LogP contribution in [0.15, 0.2) is 35.4 Å². The monoisotopic (exact) mass is 338 g/mol. The fourth-order valence-electron chi connectivity index (χ4n) is 3.28. The number of hydrogen-bond donors (Lipinski definition) is 1. The van der Waals surface area contributed by atoms with Crippen molar-refractivity contribution in [3.8, 4) is 0 Å². The summed E-state index contributed by atoms with van der Waals surface area (Å²) in [5.41, 5.74) is 3.77. The summed E-state index contributed by atoms with van der Waals surface area (Å²) in [6.45, 7) is 1.88. The molecule has 8 nitrogen and oxygen atoms in total. The van der Waals surface area contributed by atoms with Crippen molar-refractivity contribution in [2.24, 2.45) is 0 Å². The summed E-state index contributed by atoms with van der Waals surface area (Å²) in [6.07, 6.45) is 5.72. The van der Waals surface area contributed by atoms with E-state index in [0.717, 1.165) is 40.1 Å². The molecule has 1 unspecified atom stereocenters. The van der Waals surface area contributed by atoms with Crippen LogP contribution in [0.2, 0.25) is 0 Å². The van der Waals surface area contributed by atoms with E-state index in [-0.39, 0.29) is 24.1 Å². The zero-order chi connectivity index (χ0) is 17.4. The maximum atomic E-state index is 12.2. The van der Waals surface area contributed by atoms with Crippen molar-refractivity contribution >= 4 is 11.6 Å². The number of carbonyl (C=O) groups excluding carboxylic acids is 1. The Kier molecular flexibility index (Phi) is 3.79. The Hall–Kier alpha value is -3.03. The Balaban J connectivity index is 1.47. The van der Waals surface area contributed by atoms with Gasteiger partial charge in [-0.15, -0.1) is 0 Å². The van der Waals surface area contributed by atoms with Crippen LogP contribution in [0.4, 0.5) is 0 Å². The second-order valence-corrected chi connectivity index (χ2v) is 6.31. The third-order valence-electron chi connectivity index (χ3n) is 4.43. The molecule has 8 heteroatoms. The molecule has 0 bridgehead atoms. The number of aryl methyl sites for hydroxylation is 2. The molecule has 3 aromatic rings. The lowest BCUT2D eigenvalue weighted by molar-refractivity contribution is -0.122. The molecule has 128 valence electrons. The number of amides is 1. The Bertz CT molecular complexity index is 1010. The summed E-state index contributed by atoms with van der Waals surface area (Å²) in [7, 11) is 0. The van der Waals surface area contributed by atoms with Crippen LogP contribution < -0.4 is 10.9 Å². The van der Waals surface area contributed by atoms with Gasteiger partial charge >= 0.3 is 0 Å². The summed E-state index contributed by atoms with van der Waals surface area (Å²) in [4.78, 5) is 28.3. The molecule has 4 rings (SSSR count). The molecular formula is C17H18N6O2. The molecular weight excluding hydrogens is 320 g/mol. The second kappa shape index (κ2) is 6.12. The summed E-state index contributed by atoms with van der Waals surface area (Å²) < 4.78 is 3.06. The van der Waals surface area contributed by atoms with Crippen LogP contribution in [0.5, 0.6) is 0 Å². The van der Waals surface area contributed by atoms with Crippen LogP contribution in [0.25, 0.3) is 5.65 Å². The van der Waals surface area contributed by atoms with E-state index in [4.69, 9.17) is 0 Å². The molecule has 0 aliphatic heterocycles.